The van der Waals surface area contributed by atoms with Gasteiger partial charge in [0.1, 0.15) is 11.3 Å². The Balaban J connectivity index is 2.66. The molecule has 0 aromatic heterocycles. The molecule has 0 saturated heterocycles. The van der Waals surface area contributed by atoms with E-state index in [4.69, 9.17) is 4.74 Å². The third-order valence-electron chi connectivity index (χ3n) is 3.36. The molecular formula is C15H10BrN3O7. The van der Waals surface area contributed by atoms with Gasteiger partial charge in [-0.1, -0.05) is 22.0 Å². The molecule has 0 N–H and O–H groups in total. The summed E-state index contributed by atoms with van der Waals surface area (Å²) in [7, 11) is 1.46. The molecule has 0 spiro atoms. The van der Waals surface area contributed by atoms with Gasteiger partial charge in [0.2, 0.25) is 0 Å². The van der Waals surface area contributed by atoms with Crippen molar-refractivity contribution in [3.05, 3.63) is 76.3 Å². The van der Waals surface area contributed by atoms with Crippen LogP contribution in [0.3, 0.4) is 0 Å². The third-order valence-corrected chi connectivity index (χ3v) is 4.08. The fourth-order valence-corrected chi connectivity index (χ4v) is 2.52. The first-order valence-electron chi connectivity index (χ1n) is 6.87. The van der Waals surface area contributed by atoms with Crippen LogP contribution in [-0.4, -0.2) is 21.9 Å². The normalized spacial score (nSPS) is 10.7. The lowest BCUT2D eigenvalue weighted by atomic mass is 10.1. The van der Waals surface area contributed by atoms with Crippen LogP contribution in [0.1, 0.15) is 11.1 Å². The first kappa shape index (κ1) is 19.0. The van der Waals surface area contributed by atoms with Gasteiger partial charge in [0.15, 0.2) is 0 Å². The monoisotopic (exact) mass is 423 g/mol. The van der Waals surface area contributed by atoms with Gasteiger partial charge in [-0.05, 0) is 29.8 Å². The van der Waals surface area contributed by atoms with Gasteiger partial charge >= 0.3 is 0 Å². The van der Waals surface area contributed by atoms with Crippen LogP contribution < -0.4 is 4.74 Å². The Labute approximate surface area is 154 Å². The quantitative estimate of drug-likeness (QED) is 0.382. The van der Waals surface area contributed by atoms with E-state index >= 15 is 0 Å². The molecule has 2 aromatic carbocycles. The number of nitro benzene ring substituents is 3. The van der Waals surface area contributed by atoms with E-state index in [-0.39, 0.29) is 5.56 Å². The zero-order valence-corrected chi connectivity index (χ0v) is 14.7. The van der Waals surface area contributed by atoms with Crippen LogP contribution in [0.4, 0.5) is 17.1 Å². The van der Waals surface area contributed by atoms with E-state index in [9.17, 15) is 30.3 Å². The van der Waals surface area contributed by atoms with E-state index in [0.717, 1.165) is 0 Å². The highest BCUT2D eigenvalue weighted by atomic mass is 79.9. The van der Waals surface area contributed by atoms with Crippen molar-refractivity contribution < 1.29 is 19.5 Å². The van der Waals surface area contributed by atoms with Crippen LogP contribution in [-0.2, 0) is 0 Å². The number of ether oxygens (including phenoxy) is 1. The Morgan fingerprint density at radius 2 is 1.50 bits per heavy atom. The molecule has 0 radical (unpaired) electrons. The second-order valence-corrected chi connectivity index (χ2v) is 5.74. The Bertz CT molecular complexity index is 908. The number of rotatable bonds is 6. The first-order valence-corrected chi connectivity index (χ1v) is 7.66. The molecular weight excluding hydrogens is 414 g/mol. The summed E-state index contributed by atoms with van der Waals surface area (Å²) in [4.78, 5) is 30.6. The smallest absolute Gasteiger partial charge is 0.290 e. The number of non-ortho nitro benzene ring substituents is 1. The van der Waals surface area contributed by atoms with Crippen molar-refractivity contribution in [2.75, 3.05) is 7.11 Å². The van der Waals surface area contributed by atoms with Gasteiger partial charge in [-0.2, -0.15) is 0 Å². The SMILES string of the molecule is COc1ccc(Br)c(C=Cc2c([N+](=O)[O-])cc([N+](=O)[O-])cc2[N+](=O)[O-])c1. The van der Waals surface area contributed by atoms with Crippen LogP contribution in [0.2, 0.25) is 0 Å². The molecule has 26 heavy (non-hydrogen) atoms. The molecule has 0 saturated carbocycles. The summed E-state index contributed by atoms with van der Waals surface area (Å²) in [6.45, 7) is 0. The second kappa shape index (κ2) is 7.70. The van der Waals surface area contributed by atoms with Crippen molar-refractivity contribution in [3.8, 4) is 5.75 Å². The standard InChI is InChI=1S/C15H10BrN3O7/c1-26-11-3-5-13(16)9(6-11)2-4-12-14(18(22)23)7-10(17(20)21)8-15(12)19(24)25/h2-8H,1H3. The average Bonchev–Trinajstić information content (AvgIpc) is 2.59. The third kappa shape index (κ3) is 4.00. The Morgan fingerprint density at radius 3 is 1.96 bits per heavy atom. The first-order chi connectivity index (χ1) is 12.2. The number of methoxy groups -OCH3 is 1. The maximum Gasteiger partial charge on any atom is 0.290 e. The molecule has 0 aliphatic rings. The van der Waals surface area contributed by atoms with Gasteiger partial charge < -0.3 is 4.74 Å². The molecule has 0 atom stereocenters. The van der Waals surface area contributed by atoms with Crippen molar-refractivity contribution in [2.45, 2.75) is 0 Å². The number of hydrogen-bond acceptors (Lipinski definition) is 7. The van der Waals surface area contributed by atoms with E-state index in [2.05, 4.69) is 15.9 Å². The van der Waals surface area contributed by atoms with Gasteiger partial charge in [0.05, 0.1) is 34.0 Å². The van der Waals surface area contributed by atoms with E-state index in [0.29, 0.717) is 27.9 Å². The number of nitrogens with zero attached hydrogens (tertiary/aromatic N) is 3. The van der Waals surface area contributed by atoms with Crippen molar-refractivity contribution in [2.24, 2.45) is 0 Å². The van der Waals surface area contributed by atoms with Crippen molar-refractivity contribution in [1.82, 2.24) is 0 Å². The number of nitro groups is 3. The minimum absolute atomic E-state index is 0.347. The predicted molar refractivity (Wildman–Crippen MR) is 96.0 cm³/mol. The average molecular weight is 424 g/mol. The molecule has 0 aliphatic carbocycles. The van der Waals surface area contributed by atoms with Crippen molar-refractivity contribution in [3.63, 3.8) is 0 Å². The molecule has 0 unspecified atom stereocenters. The van der Waals surface area contributed by atoms with Crippen LogP contribution in [0, 0.1) is 30.3 Å². The molecule has 0 aliphatic heterocycles. The molecule has 134 valence electrons. The van der Waals surface area contributed by atoms with Gasteiger partial charge in [-0.3, -0.25) is 30.3 Å². The highest BCUT2D eigenvalue weighted by Crippen LogP contribution is 2.35. The summed E-state index contributed by atoms with van der Waals surface area (Å²) in [5, 5.41) is 33.4. The number of benzene rings is 2. The lowest BCUT2D eigenvalue weighted by Crippen LogP contribution is -2.00. The molecule has 0 amide bonds. The summed E-state index contributed by atoms with van der Waals surface area (Å²) in [5.74, 6) is 0.514. The van der Waals surface area contributed by atoms with Crippen molar-refractivity contribution in [1.29, 1.82) is 0 Å². The molecule has 2 aromatic rings. The van der Waals surface area contributed by atoms with Crippen LogP contribution in [0.5, 0.6) is 5.75 Å². The predicted octanol–water partition coefficient (Wildman–Crippen LogP) is 4.35. The highest BCUT2D eigenvalue weighted by Gasteiger charge is 2.28. The second-order valence-electron chi connectivity index (χ2n) is 4.89. The Kier molecular flexibility index (Phi) is 5.62. The maximum absolute atomic E-state index is 11.2. The van der Waals surface area contributed by atoms with Gasteiger partial charge in [-0.15, -0.1) is 0 Å². The summed E-state index contributed by atoms with van der Waals surface area (Å²) in [6, 6.07) is 6.35. The van der Waals surface area contributed by atoms with Gasteiger partial charge in [-0.25, -0.2) is 0 Å². The van der Waals surface area contributed by atoms with Crippen LogP contribution in [0.25, 0.3) is 12.2 Å². The fourth-order valence-electron chi connectivity index (χ4n) is 2.14. The topological polar surface area (TPSA) is 139 Å². The molecule has 11 heteroatoms. The summed E-state index contributed by atoms with van der Waals surface area (Å²) in [6.07, 6.45) is 2.58. The summed E-state index contributed by atoms with van der Waals surface area (Å²) < 4.78 is 5.71. The fraction of sp³-hybridized carbons (Fsp3) is 0.0667. The molecule has 0 bridgehead atoms. The molecule has 10 nitrogen and oxygen atoms in total. The van der Waals surface area contributed by atoms with Gasteiger partial charge in [0.25, 0.3) is 17.1 Å². The summed E-state index contributed by atoms with van der Waals surface area (Å²) in [5.41, 5.74) is -2.00. The molecule has 0 heterocycles. The number of halogens is 1. The summed E-state index contributed by atoms with van der Waals surface area (Å²) >= 11 is 3.29. The largest absolute Gasteiger partial charge is 0.497 e. The van der Waals surface area contributed by atoms with E-state index < -0.39 is 31.8 Å². The zero-order chi connectivity index (χ0) is 19.4. The molecule has 2 rings (SSSR count). The zero-order valence-electron chi connectivity index (χ0n) is 13.1. The Hall–Kier alpha value is -3.34. The van der Waals surface area contributed by atoms with E-state index in [1.54, 1.807) is 18.2 Å². The molecule has 0 fully saturated rings. The highest BCUT2D eigenvalue weighted by molar-refractivity contribution is 9.10. The number of hydrogen-bond donors (Lipinski definition) is 0. The lowest BCUT2D eigenvalue weighted by molar-refractivity contribution is -0.403. The van der Waals surface area contributed by atoms with Gasteiger partial charge in [0, 0.05) is 4.47 Å². The lowest BCUT2D eigenvalue weighted by Gasteiger charge is -2.04. The minimum Gasteiger partial charge on any atom is -0.497 e. The van der Waals surface area contributed by atoms with Crippen LogP contribution in [0.15, 0.2) is 34.8 Å². The van der Waals surface area contributed by atoms with E-state index in [1.165, 1.54) is 19.3 Å². The van der Waals surface area contributed by atoms with Crippen molar-refractivity contribution >= 4 is 45.1 Å². The van der Waals surface area contributed by atoms with E-state index in [1.807, 2.05) is 0 Å². The maximum atomic E-state index is 11.2. The van der Waals surface area contributed by atoms with Crippen LogP contribution >= 0.6 is 15.9 Å². The Morgan fingerprint density at radius 1 is 0.923 bits per heavy atom. The minimum atomic E-state index is -0.924.